The molecule has 0 aromatic heterocycles. The molecule has 0 amide bonds. The summed E-state index contributed by atoms with van der Waals surface area (Å²) in [6.07, 6.45) is 9.98. The number of carbonyl (C=O) groups is 1. The van der Waals surface area contributed by atoms with Gasteiger partial charge in [-0.1, -0.05) is 37.8 Å². The van der Waals surface area contributed by atoms with Crippen molar-refractivity contribution in [3.8, 4) is 5.75 Å². The third-order valence-corrected chi connectivity index (χ3v) is 7.88. The summed E-state index contributed by atoms with van der Waals surface area (Å²) in [4.78, 5) is 11.1. The summed E-state index contributed by atoms with van der Waals surface area (Å²) in [6.45, 7) is 8.62. The minimum Gasteiger partial charge on any atom is -0.494 e. The molecule has 0 saturated heterocycles. The van der Waals surface area contributed by atoms with E-state index in [1.165, 1.54) is 32.4 Å². The quantitative estimate of drug-likeness (QED) is 0.124. The highest BCUT2D eigenvalue weighted by Crippen LogP contribution is 2.21. The number of unbranched alkanes of at least 4 members (excludes halogenated alkanes) is 5. The Morgan fingerprint density at radius 1 is 0.839 bits per heavy atom. The van der Waals surface area contributed by atoms with Crippen LogP contribution >= 0.6 is 0 Å². The normalized spacial score (nSPS) is 11.7. The summed E-state index contributed by atoms with van der Waals surface area (Å²) in [5, 5.41) is 0. The molecule has 0 saturated carbocycles. The average molecular weight is 453 g/mol. The number of hydrogen-bond acceptors (Lipinski definition) is 6. The summed E-state index contributed by atoms with van der Waals surface area (Å²) in [5.74, 6) is 0.485. The number of ether oxygens (including phenoxy) is 2. The molecule has 0 bridgehead atoms. The predicted octanol–water partition coefficient (Wildman–Crippen LogP) is 5.64. The zero-order chi connectivity index (χ0) is 22.8. The van der Waals surface area contributed by atoms with Gasteiger partial charge in [-0.15, -0.1) is 0 Å². The highest BCUT2D eigenvalue weighted by molar-refractivity contribution is 6.60. The topological polar surface area (TPSA) is 63.2 Å². The number of rotatable bonds is 18. The summed E-state index contributed by atoms with van der Waals surface area (Å²) in [5.41, 5.74) is 0.933. The van der Waals surface area contributed by atoms with Crippen LogP contribution in [0.2, 0.25) is 6.04 Å². The summed E-state index contributed by atoms with van der Waals surface area (Å²) >= 11 is 0. The lowest BCUT2D eigenvalue weighted by Gasteiger charge is -2.28. The van der Waals surface area contributed by atoms with Gasteiger partial charge in [0.2, 0.25) is 0 Å². The van der Waals surface area contributed by atoms with E-state index in [9.17, 15) is 4.79 Å². The third-order valence-electron chi connectivity index (χ3n) is 4.73. The van der Waals surface area contributed by atoms with E-state index in [1.54, 1.807) is 6.08 Å². The first kappa shape index (κ1) is 27.4. The zero-order valence-corrected chi connectivity index (χ0v) is 20.7. The SMILES string of the molecule is CCO[Si](CCCCCCCCOc1ccc(/C=C/C(=O)OC)cc1)(OCC)OCC. The maximum atomic E-state index is 11.1. The molecule has 1 aromatic carbocycles. The Morgan fingerprint density at radius 3 is 1.94 bits per heavy atom. The van der Waals surface area contributed by atoms with Crippen LogP contribution in [0.4, 0.5) is 0 Å². The van der Waals surface area contributed by atoms with E-state index in [2.05, 4.69) is 4.74 Å². The Kier molecular flexibility index (Phi) is 15.0. The van der Waals surface area contributed by atoms with Crippen molar-refractivity contribution in [3.05, 3.63) is 35.9 Å². The van der Waals surface area contributed by atoms with Crippen molar-refractivity contribution in [1.82, 2.24) is 0 Å². The van der Waals surface area contributed by atoms with E-state index in [1.807, 2.05) is 45.0 Å². The number of benzene rings is 1. The third kappa shape index (κ3) is 12.1. The number of methoxy groups -OCH3 is 1. The molecule has 0 N–H and O–H groups in total. The van der Waals surface area contributed by atoms with Gasteiger partial charge in [-0.05, 0) is 57.4 Å². The molecule has 31 heavy (non-hydrogen) atoms. The maximum absolute atomic E-state index is 11.1. The smallest absolute Gasteiger partial charge is 0.494 e. The lowest BCUT2D eigenvalue weighted by molar-refractivity contribution is -0.134. The van der Waals surface area contributed by atoms with Crippen LogP contribution in [-0.2, 0) is 22.8 Å². The molecule has 0 atom stereocenters. The molecule has 0 aliphatic carbocycles. The van der Waals surface area contributed by atoms with E-state index >= 15 is 0 Å². The predicted molar refractivity (Wildman–Crippen MR) is 126 cm³/mol. The molecule has 0 radical (unpaired) electrons. The van der Waals surface area contributed by atoms with Gasteiger partial charge in [0.25, 0.3) is 0 Å². The van der Waals surface area contributed by atoms with Gasteiger partial charge in [0, 0.05) is 31.9 Å². The molecule has 0 spiro atoms. The van der Waals surface area contributed by atoms with Crippen molar-refractivity contribution >= 4 is 20.8 Å². The fourth-order valence-electron chi connectivity index (χ4n) is 3.25. The Bertz CT molecular complexity index is 600. The minimum atomic E-state index is -2.48. The molecular weight excluding hydrogens is 412 g/mol. The van der Waals surface area contributed by atoms with Crippen LogP contribution in [-0.4, -0.2) is 48.3 Å². The largest absolute Gasteiger partial charge is 0.500 e. The fourth-order valence-corrected chi connectivity index (χ4v) is 5.93. The van der Waals surface area contributed by atoms with Crippen molar-refractivity contribution in [2.75, 3.05) is 33.5 Å². The van der Waals surface area contributed by atoms with Gasteiger partial charge in [-0.2, -0.15) is 0 Å². The van der Waals surface area contributed by atoms with Gasteiger partial charge in [0.05, 0.1) is 13.7 Å². The average Bonchev–Trinajstić information content (AvgIpc) is 2.77. The van der Waals surface area contributed by atoms with E-state index < -0.39 is 8.80 Å². The van der Waals surface area contributed by atoms with Crippen LogP contribution in [0.1, 0.15) is 64.9 Å². The van der Waals surface area contributed by atoms with Crippen LogP contribution in [0.15, 0.2) is 30.3 Å². The van der Waals surface area contributed by atoms with E-state index in [4.69, 9.17) is 18.0 Å². The van der Waals surface area contributed by atoms with Gasteiger partial charge in [0.15, 0.2) is 0 Å². The molecule has 1 rings (SSSR count). The maximum Gasteiger partial charge on any atom is 0.500 e. The first-order valence-corrected chi connectivity index (χ1v) is 13.4. The summed E-state index contributed by atoms with van der Waals surface area (Å²) in [7, 11) is -1.11. The van der Waals surface area contributed by atoms with Crippen molar-refractivity contribution in [2.24, 2.45) is 0 Å². The monoisotopic (exact) mass is 452 g/mol. The number of esters is 1. The van der Waals surface area contributed by atoms with Crippen LogP contribution in [0.25, 0.3) is 6.08 Å². The van der Waals surface area contributed by atoms with Crippen molar-refractivity contribution in [2.45, 2.75) is 65.3 Å². The lowest BCUT2D eigenvalue weighted by Crippen LogP contribution is -2.45. The van der Waals surface area contributed by atoms with Crippen LogP contribution in [0, 0.1) is 0 Å². The zero-order valence-electron chi connectivity index (χ0n) is 19.7. The van der Waals surface area contributed by atoms with Gasteiger partial charge < -0.3 is 22.8 Å². The molecule has 0 heterocycles. The van der Waals surface area contributed by atoms with Gasteiger partial charge in [-0.3, -0.25) is 0 Å². The first-order valence-electron chi connectivity index (χ1n) is 11.5. The van der Waals surface area contributed by atoms with Crippen LogP contribution in [0.3, 0.4) is 0 Å². The first-order chi connectivity index (χ1) is 15.1. The fraction of sp³-hybridized carbons (Fsp3) is 0.625. The van der Waals surface area contributed by atoms with Crippen molar-refractivity contribution in [3.63, 3.8) is 0 Å². The van der Waals surface area contributed by atoms with Gasteiger partial charge in [0.1, 0.15) is 5.75 Å². The highest BCUT2D eigenvalue weighted by atomic mass is 28.4. The molecule has 0 fully saturated rings. The Balaban J connectivity index is 2.15. The summed E-state index contributed by atoms with van der Waals surface area (Å²) < 4.78 is 28.1. The molecule has 0 aliphatic heterocycles. The number of hydrogen-bond donors (Lipinski definition) is 0. The van der Waals surface area contributed by atoms with Crippen molar-refractivity contribution in [1.29, 1.82) is 0 Å². The molecule has 7 heteroatoms. The second-order valence-electron chi connectivity index (χ2n) is 7.13. The highest BCUT2D eigenvalue weighted by Gasteiger charge is 2.39. The van der Waals surface area contributed by atoms with Gasteiger partial charge in [-0.25, -0.2) is 4.79 Å². The second kappa shape index (κ2) is 16.9. The lowest BCUT2D eigenvalue weighted by atomic mass is 10.1. The van der Waals surface area contributed by atoms with Crippen molar-refractivity contribution < 1.29 is 27.5 Å². The van der Waals surface area contributed by atoms with Crippen LogP contribution < -0.4 is 4.74 Å². The van der Waals surface area contributed by atoms with Crippen LogP contribution in [0.5, 0.6) is 5.75 Å². The molecular formula is C24H40O6Si. The Labute approximate surface area is 189 Å². The Morgan fingerprint density at radius 2 is 1.39 bits per heavy atom. The van der Waals surface area contributed by atoms with Gasteiger partial charge >= 0.3 is 14.8 Å². The molecule has 1 aromatic rings. The van der Waals surface area contributed by atoms with E-state index in [-0.39, 0.29) is 5.97 Å². The molecule has 0 unspecified atom stereocenters. The summed E-state index contributed by atoms with van der Waals surface area (Å²) in [6, 6.07) is 8.58. The standard InChI is InChI=1S/C24H40O6Si/c1-5-28-31(29-6-2,30-7-3)21-13-11-9-8-10-12-20-27-23-17-14-22(15-18-23)16-19-24(25)26-4/h14-19H,5-13,20-21H2,1-4H3/b19-16+. The molecule has 0 aliphatic rings. The van der Waals surface area contributed by atoms with E-state index in [0.717, 1.165) is 36.6 Å². The Hall–Kier alpha value is -1.67. The van der Waals surface area contributed by atoms with E-state index in [0.29, 0.717) is 26.4 Å². The molecule has 176 valence electrons. The molecule has 6 nitrogen and oxygen atoms in total. The minimum absolute atomic E-state index is 0.361. The second-order valence-corrected chi connectivity index (χ2v) is 9.86. The number of carbonyl (C=O) groups excluding carboxylic acids is 1.